The Morgan fingerprint density at radius 1 is 1.33 bits per heavy atom. The van der Waals surface area contributed by atoms with Crippen molar-refractivity contribution in [3.05, 3.63) is 0 Å². The molecule has 1 unspecified atom stereocenters. The number of quaternary nitrogens is 1. The molecular formula is C10H22Cl2FN2+. The second-order valence-corrected chi connectivity index (χ2v) is 5.80. The molecule has 0 aromatic carbocycles. The van der Waals surface area contributed by atoms with Gasteiger partial charge in [0.2, 0.25) is 0 Å². The molecule has 0 aromatic rings. The number of rotatable bonds is 7. The zero-order valence-corrected chi connectivity index (χ0v) is 11.5. The van der Waals surface area contributed by atoms with E-state index >= 15 is 0 Å². The number of hydrogen-bond acceptors (Lipinski definition) is 1. The summed E-state index contributed by atoms with van der Waals surface area (Å²) >= 11 is 11.3. The molecule has 92 valence electrons. The van der Waals surface area contributed by atoms with Crippen molar-refractivity contribution in [3.8, 4) is 0 Å². The first kappa shape index (κ1) is 15.4. The molecule has 0 radical (unpaired) electrons. The fourth-order valence-corrected chi connectivity index (χ4v) is 1.53. The summed E-state index contributed by atoms with van der Waals surface area (Å²) in [7, 11) is 4.13. The minimum atomic E-state index is -0.834. The molecule has 0 bridgehead atoms. The van der Waals surface area contributed by atoms with Crippen LogP contribution in [0.1, 0.15) is 33.1 Å². The lowest BCUT2D eigenvalue weighted by atomic mass is 9.96. The Morgan fingerprint density at radius 2 is 1.87 bits per heavy atom. The molecule has 15 heavy (non-hydrogen) atoms. The lowest BCUT2D eigenvalue weighted by Crippen LogP contribution is -3.05. The van der Waals surface area contributed by atoms with Crippen LogP contribution in [0.2, 0.25) is 0 Å². The molecule has 5 heteroatoms. The predicted molar refractivity (Wildman–Crippen MR) is 64.0 cm³/mol. The van der Waals surface area contributed by atoms with E-state index in [1.165, 1.54) is 4.90 Å². The maximum atomic E-state index is 13.6. The van der Waals surface area contributed by atoms with Gasteiger partial charge in [-0.15, -0.1) is 3.94 Å². The minimum absolute atomic E-state index is 0.364. The smallest absolute Gasteiger partial charge is 0.102 e. The Balaban J connectivity index is 3.78. The molecule has 1 atom stereocenters. The van der Waals surface area contributed by atoms with Gasteiger partial charge in [0.25, 0.3) is 0 Å². The average molecular weight is 260 g/mol. The number of hydrogen-bond donors (Lipinski definition) is 1. The molecule has 0 heterocycles. The summed E-state index contributed by atoms with van der Waals surface area (Å²) in [5, 5.41) is 0. The van der Waals surface area contributed by atoms with Crippen LogP contribution in [-0.4, -0.2) is 36.3 Å². The van der Waals surface area contributed by atoms with Crippen LogP contribution in [-0.2, 0) is 0 Å². The van der Waals surface area contributed by atoms with Gasteiger partial charge in [-0.2, -0.15) is 0 Å². The standard InChI is InChI=1S/C10H21Cl2FN2/c1-10(2,15(11)12)8-9(13)6-5-7-14(3)4/h9H,5-8H2,1-4H3/p+1. The number of alkyl halides is 1. The second kappa shape index (κ2) is 6.89. The van der Waals surface area contributed by atoms with E-state index in [9.17, 15) is 4.39 Å². The van der Waals surface area contributed by atoms with Crippen LogP contribution in [0, 0.1) is 0 Å². The highest BCUT2D eigenvalue weighted by Gasteiger charge is 2.28. The van der Waals surface area contributed by atoms with Gasteiger partial charge in [-0.05, 0) is 56.7 Å². The Kier molecular flexibility index (Phi) is 7.09. The first-order valence-corrected chi connectivity index (χ1v) is 5.98. The van der Waals surface area contributed by atoms with E-state index in [2.05, 4.69) is 14.1 Å². The molecule has 0 spiro atoms. The highest BCUT2D eigenvalue weighted by Crippen LogP contribution is 2.27. The van der Waals surface area contributed by atoms with Crippen molar-refractivity contribution in [1.82, 2.24) is 3.94 Å². The topological polar surface area (TPSA) is 7.68 Å². The zero-order chi connectivity index (χ0) is 12.1. The summed E-state index contributed by atoms with van der Waals surface area (Å²) in [6, 6.07) is 0. The molecule has 0 fully saturated rings. The molecule has 0 rings (SSSR count). The van der Waals surface area contributed by atoms with Crippen LogP contribution >= 0.6 is 23.6 Å². The molecular weight excluding hydrogens is 238 g/mol. The first-order chi connectivity index (χ1) is 6.75. The van der Waals surface area contributed by atoms with Crippen molar-refractivity contribution < 1.29 is 9.29 Å². The third-order valence-corrected chi connectivity index (χ3v) is 3.29. The Hall–Kier alpha value is 0.430. The monoisotopic (exact) mass is 259 g/mol. The van der Waals surface area contributed by atoms with E-state index in [1.54, 1.807) is 0 Å². The molecule has 0 aliphatic carbocycles. The van der Waals surface area contributed by atoms with Crippen LogP contribution in [0.3, 0.4) is 0 Å². The molecule has 0 aliphatic rings. The minimum Gasteiger partial charge on any atom is -0.340 e. The lowest BCUT2D eigenvalue weighted by molar-refractivity contribution is -0.858. The second-order valence-electron chi connectivity index (χ2n) is 4.95. The Labute approximate surface area is 103 Å². The quantitative estimate of drug-likeness (QED) is 0.688. The summed E-state index contributed by atoms with van der Waals surface area (Å²) in [5.41, 5.74) is -0.506. The summed E-state index contributed by atoms with van der Waals surface area (Å²) in [5.74, 6) is 0. The van der Waals surface area contributed by atoms with Crippen LogP contribution in [0.15, 0.2) is 0 Å². The molecule has 0 aromatic heterocycles. The first-order valence-electron chi connectivity index (χ1n) is 5.30. The van der Waals surface area contributed by atoms with Crippen LogP contribution < -0.4 is 4.90 Å². The van der Waals surface area contributed by atoms with E-state index < -0.39 is 11.7 Å². The Morgan fingerprint density at radius 3 is 2.27 bits per heavy atom. The fourth-order valence-electron chi connectivity index (χ4n) is 1.39. The van der Waals surface area contributed by atoms with Gasteiger partial charge in [-0.25, -0.2) is 4.39 Å². The summed E-state index contributed by atoms with van der Waals surface area (Å²) in [6.45, 7) is 4.65. The van der Waals surface area contributed by atoms with Crippen molar-refractivity contribution in [2.24, 2.45) is 0 Å². The highest BCUT2D eigenvalue weighted by atomic mass is 35.5. The summed E-state index contributed by atoms with van der Waals surface area (Å²) in [4.78, 5) is 1.35. The van der Waals surface area contributed by atoms with Crippen LogP contribution in [0.5, 0.6) is 0 Å². The molecule has 0 aliphatic heterocycles. The van der Waals surface area contributed by atoms with Crippen LogP contribution in [0.25, 0.3) is 0 Å². The SMILES string of the molecule is C[NH+](C)CCCC(F)CC(C)(C)N(Cl)Cl. The average Bonchev–Trinajstić information content (AvgIpc) is 2.01. The third kappa shape index (κ3) is 7.34. The van der Waals surface area contributed by atoms with Crippen LogP contribution in [0.4, 0.5) is 4.39 Å². The lowest BCUT2D eigenvalue weighted by Gasteiger charge is -2.28. The zero-order valence-electron chi connectivity index (χ0n) is 9.99. The Bertz CT molecular complexity index is 175. The molecule has 1 N–H and O–H groups in total. The maximum Gasteiger partial charge on any atom is 0.102 e. The largest absolute Gasteiger partial charge is 0.340 e. The van der Waals surface area contributed by atoms with E-state index in [0.717, 1.165) is 16.9 Å². The third-order valence-electron chi connectivity index (χ3n) is 2.37. The summed E-state index contributed by atoms with van der Waals surface area (Å²) < 4.78 is 14.6. The fraction of sp³-hybridized carbons (Fsp3) is 1.00. The summed E-state index contributed by atoms with van der Waals surface area (Å²) in [6.07, 6.45) is 1.00. The van der Waals surface area contributed by atoms with Crippen molar-refractivity contribution in [3.63, 3.8) is 0 Å². The van der Waals surface area contributed by atoms with Gasteiger partial charge in [-0.3, -0.25) is 0 Å². The molecule has 0 amide bonds. The van der Waals surface area contributed by atoms with E-state index in [4.69, 9.17) is 23.6 Å². The van der Waals surface area contributed by atoms with Crippen molar-refractivity contribution in [2.45, 2.75) is 44.8 Å². The van der Waals surface area contributed by atoms with E-state index in [1.807, 2.05) is 13.8 Å². The highest BCUT2D eigenvalue weighted by molar-refractivity contribution is 6.34. The van der Waals surface area contributed by atoms with Crippen molar-refractivity contribution in [2.75, 3.05) is 20.6 Å². The van der Waals surface area contributed by atoms with E-state index in [0.29, 0.717) is 12.8 Å². The molecule has 2 nitrogen and oxygen atoms in total. The molecule has 0 saturated carbocycles. The molecule has 0 saturated heterocycles. The predicted octanol–water partition coefficient (Wildman–Crippen LogP) is 2.03. The van der Waals surface area contributed by atoms with Gasteiger partial charge in [0, 0.05) is 5.54 Å². The van der Waals surface area contributed by atoms with Gasteiger partial charge in [0.05, 0.1) is 20.6 Å². The normalized spacial score (nSPS) is 15.0. The van der Waals surface area contributed by atoms with Crippen molar-refractivity contribution in [1.29, 1.82) is 0 Å². The van der Waals surface area contributed by atoms with Crippen molar-refractivity contribution >= 4 is 23.6 Å². The number of nitrogens with one attached hydrogen (secondary N) is 1. The van der Waals surface area contributed by atoms with Gasteiger partial charge >= 0.3 is 0 Å². The van der Waals surface area contributed by atoms with Gasteiger partial charge < -0.3 is 4.90 Å². The maximum absolute atomic E-state index is 13.6. The van der Waals surface area contributed by atoms with Gasteiger partial charge in [0.15, 0.2) is 0 Å². The van der Waals surface area contributed by atoms with E-state index in [-0.39, 0.29) is 0 Å². The van der Waals surface area contributed by atoms with Gasteiger partial charge in [0.1, 0.15) is 6.17 Å². The number of halogens is 3. The number of nitrogens with zero attached hydrogens (tertiary/aromatic N) is 1. The van der Waals surface area contributed by atoms with Gasteiger partial charge in [-0.1, -0.05) is 0 Å².